The molecular weight excluding hydrogens is 246 g/mol. The largest absolute Gasteiger partial charge is 0.623 e. The number of hydrogen-bond acceptors (Lipinski definition) is 4. The van der Waals surface area contributed by atoms with Crippen molar-refractivity contribution < 1.29 is 4.74 Å². The lowest BCUT2D eigenvalue weighted by molar-refractivity contribution is -0.530. The van der Waals surface area contributed by atoms with Gasteiger partial charge in [-0.3, -0.25) is 0 Å². The smallest absolute Gasteiger partial charge is 0.212 e. The topological polar surface area (TPSA) is 51.9 Å². The fourth-order valence-corrected chi connectivity index (χ4v) is 1.88. The summed E-state index contributed by atoms with van der Waals surface area (Å²) in [5, 5.41) is 12.4. The first-order valence-electron chi connectivity index (χ1n) is 5.67. The molecule has 1 aromatic carbocycles. The first kappa shape index (κ1) is 12.7. The van der Waals surface area contributed by atoms with Gasteiger partial charge in [0.05, 0.1) is 0 Å². The second-order valence-electron chi connectivity index (χ2n) is 4.95. The van der Waals surface area contributed by atoms with E-state index in [2.05, 4.69) is 9.36 Å². The number of hydroxylamine groups is 1. The van der Waals surface area contributed by atoms with Gasteiger partial charge in [0.1, 0.15) is 0 Å². The minimum absolute atomic E-state index is 0.460. The highest BCUT2D eigenvalue weighted by Crippen LogP contribution is 2.17. The van der Waals surface area contributed by atoms with E-state index in [0.717, 1.165) is 10.3 Å². The molecule has 4 nitrogen and oxygen atoms in total. The molecule has 0 spiro atoms. The molecule has 0 unspecified atom stereocenters. The van der Waals surface area contributed by atoms with Crippen LogP contribution < -0.4 is 0 Å². The van der Waals surface area contributed by atoms with E-state index in [-0.39, 0.29) is 0 Å². The first-order valence-corrected chi connectivity index (χ1v) is 6.44. The van der Waals surface area contributed by atoms with Crippen molar-refractivity contribution in [1.29, 1.82) is 0 Å². The van der Waals surface area contributed by atoms with E-state index in [0.29, 0.717) is 10.8 Å². The molecule has 0 fully saturated rings. The Kier molecular flexibility index (Phi) is 3.43. The Labute approximate surface area is 110 Å². The van der Waals surface area contributed by atoms with E-state index in [1.165, 1.54) is 17.7 Å². The Morgan fingerprint density at radius 1 is 1.22 bits per heavy atom. The van der Waals surface area contributed by atoms with E-state index >= 15 is 0 Å². The maximum Gasteiger partial charge on any atom is 0.212 e. The third kappa shape index (κ3) is 2.92. The summed E-state index contributed by atoms with van der Waals surface area (Å²) in [6.07, 6.45) is 1.49. The number of rotatable bonds is 2. The van der Waals surface area contributed by atoms with E-state index in [4.69, 9.17) is 0 Å². The predicted molar refractivity (Wildman–Crippen MR) is 73.9 cm³/mol. The van der Waals surface area contributed by atoms with Crippen molar-refractivity contribution in [1.82, 2.24) is 9.36 Å². The van der Waals surface area contributed by atoms with Crippen LogP contribution in [0.15, 0.2) is 30.3 Å². The van der Waals surface area contributed by atoms with Crippen molar-refractivity contribution in [3.8, 4) is 11.4 Å². The second-order valence-corrected chi connectivity index (χ2v) is 5.73. The van der Waals surface area contributed by atoms with E-state index in [1.54, 1.807) is 0 Å². The molecule has 0 saturated carbocycles. The molecule has 0 bridgehead atoms. The van der Waals surface area contributed by atoms with Crippen LogP contribution in [0.25, 0.3) is 11.4 Å². The highest BCUT2D eigenvalue weighted by molar-refractivity contribution is 7.07. The van der Waals surface area contributed by atoms with Gasteiger partial charge in [0.2, 0.25) is 11.2 Å². The fraction of sp³-hybridized carbons (Fsp3) is 0.308. The van der Waals surface area contributed by atoms with Gasteiger partial charge in [-0.2, -0.15) is 4.37 Å². The molecule has 0 aliphatic rings. The quantitative estimate of drug-likeness (QED) is 0.361. The Morgan fingerprint density at radius 2 is 1.89 bits per heavy atom. The molecule has 1 aromatic heterocycles. The maximum atomic E-state index is 11.8. The molecule has 0 aliphatic carbocycles. The van der Waals surface area contributed by atoms with Crippen molar-refractivity contribution in [2.75, 3.05) is 0 Å². The molecule has 2 aromatic rings. The third-order valence-corrected chi connectivity index (χ3v) is 3.01. The zero-order valence-corrected chi connectivity index (χ0v) is 11.4. The van der Waals surface area contributed by atoms with E-state index in [9.17, 15) is 5.21 Å². The van der Waals surface area contributed by atoms with Crippen LogP contribution in [0.2, 0.25) is 0 Å². The Bertz CT molecular complexity index is 555. The summed E-state index contributed by atoms with van der Waals surface area (Å²) in [5.41, 5.74) is 0.500. The molecule has 0 N–H and O–H groups in total. The highest BCUT2D eigenvalue weighted by atomic mass is 32.1. The van der Waals surface area contributed by atoms with Crippen LogP contribution in [0.1, 0.15) is 25.8 Å². The van der Waals surface area contributed by atoms with Gasteiger partial charge in [-0.05, 0) is 11.5 Å². The summed E-state index contributed by atoms with van der Waals surface area (Å²) in [4.78, 5) is 4.34. The minimum atomic E-state index is -0.460. The van der Waals surface area contributed by atoms with Gasteiger partial charge in [-0.1, -0.05) is 30.3 Å². The molecule has 2 rings (SSSR count). The van der Waals surface area contributed by atoms with Crippen molar-refractivity contribution in [2.45, 2.75) is 26.3 Å². The van der Waals surface area contributed by atoms with Crippen LogP contribution in [-0.2, 0) is 0 Å². The monoisotopic (exact) mass is 261 g/mol. The van der Waals surface area contributed by atoms with Crippen molar-refractivity contribution in [3.63, 3.8) is 0 Å². The van der Waals surface area contributed by atoms with E-state index in [1.807, 2.05) is 51.1 Å². The number of aromatic nitrogens is 2. The summed E-state index contributed by atoms with van der Waals surface area (Å²) in [7, 11) is 0. The minimum Gasteiger partial charge on any atom is -0.623 e. The van der Waals surface area contributed by atoms with Crippen LogP contribution in [0.3, 0.4) is 0 Å². The van der Waals surface area contributed by atoms with Gasteiger partial charge in [0, 0.05) is 26.3 Å². The van der Waals surface area contributed by atoms with Crippen LogP contribution in [0.5, 0.6) is 0 Å². The molecular formula is C13H15N3OS. The standard InChI is InChI=1S/C13H15N3OS/c1-13(2,3)16(17)9-11-14-12(15-18-11)10-7-5-4-6-8-10/h4-9H,1-3H3/b16-9-. The summed E-state index contributed by atoms with van der Waals surface area (Å²) in [5.74, 6) is 0.661. The third-order valence-electron chi connectivity index (χ3n) is 2.36. The summed E-state index contributed by atoms with van der Waals surface area (Å²) < 4.78 is 5.16. The number of benzene rings is 1. The van der Waals surface area contributed by atoms with Gasteiger partial charge in [0.25, 0.3) is 0 Å². The van der Waals surface area contributed by atoms with Gasteiger partial charge < -0.3 is 5.21 Å². The molecule has 0 saturated heterocycles. The molecule has 18 heavy (non-hydrogen) atoms. The maximum absolute atomic E-state index is 11.8. The molecule has 1 heterocycles. The summed E-state index contributed by atoms with van der Waals surface area (Å²) >= 11 is 1.23. The van der Waals surface area contributed by atoms with Gasteiger partial charge in [-0.25, -0.2) is 9.72 Å². The van der Waals surface area contributed by atoms with Crippen LogP contribution in [0.4, 0.5) is 0 Å². The highest BCUT2D eigenvalue weighted by Gasteiger charge is 2.19. The number of hydrogen-bond donors (Lipinski definition) is 0. The van der Waals surface area contributed by atoms with Gasteiger partial charge in [-0.15, -0.1) is 0 Å². The van der Waals surface area contributed by atoms with E-state index < -0.39 is 5.54 Å². The Hall–Kier alpha value is -1.75. The van der Waals surface area contributed by atoms with Crippen molar-refractivity contribution >= 4 is 17.7 Å². The molecule has 94 valence electrons. The van der Waals surface area contributed by atoms with Crippen LogP contribution in [0, 0.1) is 5.21 Å². The molecule has 0 amide bonds. The normalized spacial score (nSPS) is 12.7. The lowest BCUT2D eigenvalue weighted by atomic mass is 10.1. The average molecular weight is 261 g/mol. The molecule has 5 heteroatoms. The zero-order chi connectivity index (χ0) is 13.2. The van der Waals surface area contributed by atoms with Crippen LogP contribution in [-0.4, -0.2) is 25.8 Å². The van der Waals surface area contributed by atoms with Crippen molar-refractivity contribution in [2.24, 2.45) is 0 Å². The lowest BCUT2D eigenvalue weighted by Crippen LogP contribution is -2.29. The Balaban J connectivity index is 2.27. The predicted octanol–water partition coefficient (Wildman–Crippen LogP) is 2.93. The Morgan fingerprint density at radius 3 is 2.50 bits per heavy atom. The molecule has 0 atom stereocenters. The lowest BCUT2D eigenvalue weighted by Gasteiger charge is -2.17. The molecule has 0 aliphatic heterocycles. The second kappa shape index (κ2) is 4.86. The average Bonchev–Trinajstić information content (AvgIpc) is 2.77. The van der Waals surface area contributed by atoms with Gasteiger partial charge in [0.15, 0.2) is 11.4 Å². The zero-order valence-electron chi connectivity index (χ0n) is 10.6. The molecule has 0 radical (unpaired) electrons. The first-order chi connectivity index (χ1) is 8.47. The summed E-state index contributed by atoms with van der Waals surface area (Å²) in [6.45, 7) is 5.57. The van der Waals surface area contributed by atoms with Gasteiger partial charge >= 0.3 is 0 Å². The summed E-state index contributed by atoms with van der Waals surface area (Å²) in [6, 6.07) is 9.72. The SMILES string of the molecule is CC(C)(C)/[N+]([O-])=C/c1nc(-c2ccccc2)ns1. The van der Waals surface area contributed by atoms with Crippen LogP contribution >= 0.6 is 11.5 Å². The number of nitrogens with zero attached hydrogens (tertiary/aromatic N) is 3. The fourth-order valence-electron chi connectivity index (χ4n) is 1.29. The van der Waals surface area contributed by atoms with Crippen molar-refractivity contribution in [3.05, 3.63) is 40.5 Å².